The maximum Gasteiger partial charge on any atom is 0.434 e. The summed E-state index contributed by atoms with van der Waals surface area (Å²) in [6, 6.07) is 3.65. The van der Waals surface area contributed by atoms with Gasteiger partial charge in [0.15, 0.2) is 5.69 Å². The largest absolute Gasteiger partial charge is 0.462 e. The van der Waals surface area contributed by atoms with Crippen molar-refractivity contribution in [1.29, 1.82) is 0 Å². The van der Waals surface area contributed by atoms with Crippen molar-refractivity contribution in [3.8, 4) is 15.7 Å². The Balaban J connectivity index is 2.07. The Hall–Kier alpha value is -2.20. The van der Waals surface area contributed by atoms with Crippen LogP contribution in [0.15, 0.2) is 29.1 Å². The Morgan fingerprint density at radius 3 is 2.79 bits per heavy atom. The topological polar surface area (TPSA) is 57.0 Å². The summed E-state index contributed by atoms with van der Waals surface area (Å²) in [7, 11) is 0. The van der Waals surface area contributed by atoms with Crippen molar-refractivity contribution in [2.24, 2.45) is 0 Å². The fourth-order valence-electron chi connectivity index (χ4n) is 2.02. The normalized spacial score (nSPS) is 11.7. The number of carbonyl (C=O) groups is 1. The Labute approximate surface area is 142 Å². The van der Waals surface area contributed by atoms with E-state index >= 15 is 0 Å². The van der Waals surface area contributed by atoms with Gasteiger partial charge in [-0.1, -0.05) is 6.07 Å². The van der Waals surface area contributed by atoms with Crippen LogP contribution in [0.2, 0.25) is 0 Å². The molecule has 3 aromatic rings. The SMILES string of the molecule is CCOC(=O)c1cnn(-c2nc(-c3cccs3)cs2)c1C(F)(F)F. The molecule has 0 aliphatic rings. The molecule has 5 nitrogen and oxygen atoms in total. The molecule has 0 N–H and O–H groups in total. The molecule has 0 aromatic carbocycles. The first-order valence-electron chi connectivity index (χ1n) is 6.74. The molecule has 24 heavy (non-hydrogen) atoms. The van der Waals surface area contributed by atoms with Crippen LogP contribution in [-0.2, 0) is 10.9 Å². The summed E-state index contributed by atoms with van der Waals surface area (Å²) in [6.45, 7) is 1.49. The van der Waals surface area contributed by atoms with E-state index in [2.05, 4.69) is 14.8 Å². The Kier molecular flexibility index (Phi) is 4.41. The molecule has 3 heterocycles. The number of carbonyl (C=O) groups excluding carboxylic acids is 1. The van der Waals surface area contributed by atoms with Crippen LogP contribution in [0.1, 0.15) is 23.0 Å². The van der Waals surface area contributed by atoms with Crippen LogP contribution >= 0.6 is 22.7 Å². The molecular weight excluding hydrogens is 363 g/mol. The molecule has 0 fully saturated rings. The van der Waals surface area contributed by atoms with Crippen LogP contribution < -0.4 is 0 Å². The lowest BCUT2D eigenvalue weighted by Crippen LogP contribution is -2.18. The molecule has 0 unspecified atom stereocenters. The van der Waals surface area contributed by atoms with Crippen LogP contribution in [0, 0.1) is 0 Å². The summed E-state index contributed by atoms with van der Waals surface area (Å²) >= 11 is 2.44. The van der Waals surface area contributed by atoms with E-state index in [1.807, 2.05) is 17.5 Å². The predicted octanol–water partition coefficient (Wildman–Crippen LogP) is 4.25. The van der Waals surface area contributed by atoms with Gasteiger partial charge in [-0.25, -0.2) is 14.5 Å². The van der Waals surface area contributed by atoms with Crippen molar-refractivity contribution in [3.05, 3.63) is 40.3 Å². The van der Waals surface area contributed by atoms with Gasteiger partial charge in [0.25, 0.3) is 0 Å². The summed E-state index contributed by atoms with van der Waals surface area (Å²) in [4.78, 5) is 16.8. The van der Waals surface area contributed by atoms with Gasteiger partial charge in [-0.05, 0) is 18.4 Å². The number of hydrogen-bond acceptors (Lipinski definition) is 6. The number of thiazole rings is 1. The fourth-order valence-corrected chi connectivity index (χ4v) is 3.57. The number of aromatic nitrogens is 3. The molecule has 0 bridgehead atoms. The zero-order valence-electron chi connectivity index (χ0n) is 12.2. The second-order valence-corrected chi connectivity index (χ2v) is 6.31. The summed E-state index contributed by atoms with van der Waals surface area (Å²) in [5.41, 5.74) is -1.25. The van der Waals surface area contributed by atoms with Gasteiger partial charge in [0, 0.05) is 5.38 Å². The number of ether oxygens (including phenoxy) is 1. The van der Waals surface area contributed by atoms with E-state index in [0.717, 1.165) is 22.4 Å². The van der Waals surface area contributed by atoms with E-state index in [0.29, 0.717) is 10.4 Å². The molecule has 0 amide bonds. The van der Waals surface area contributed by atoms with Gasteiger partial charge in [-0.15, -0.1) is 22.7 Å². The minimum absolute atomic E-state index is 0.0267. The van der Waals surface area contributed by atoms with Crippen molar-refractivity contribution in [2.45, 2.75) is 13.1 Å². The molecule has 10 heteroatoms. The zero-order chi connectivity index (χ0) is 17.3. The number of rotatable bonds is 4. The van der Waals surface area contributed by atoms with E-state index in [-0.39, 0.29) is 11.7 Å². The minimum Gasteiger partial charge on any atom is -0.462 e. The first kappa shape index (κ1) is 16.7. The van der Waals surface area contributed by atoms with Gasteiger partial charge in [0.05, 0.1) is 23.4 Å². The van der Waals surface area contributed by atoms with E-state index in [9.17, 15) is 18.0 Å². The second-order valence-electron chi connectivity index (χ2n) is 4.53. The third-order valence-electron chi connectivity index (χ3n) is 2.98. The molecule has 126 valence electrons. The van der Waals surface area contributed by atoms with Crippen molar-refractivity contribution >= 4 is 28.6 Å². The van der Waals surface area contributed by atoms with Crippen LogP contribution in [0.3, 0.4) is 0 Å². The maximum atomic E-state index is 13.4. The number of thiophene rings is 1. The zero-order valence-corrected chi connectivity index (χ0v) is 13.8. The maximum absolute atomic E-state index is 13.4. The number of alkyl halides is 3. The van der Waals surface area contributed by atoms with Crippen LogP contribution in [-0.4, -0.2) is 27.3 Å². The molecule has 0 radical (unpaired) electrons. The lowest BCUT2D eigenvalue weighted by atomic mass is 10.2. The molecule has 3 rings (SSSR count). The summed E-state index contributed by atoms with van der Waals surface area (Å²) in [5, 5.41) is 7.22. The van der Waals surface area contributed by atoms with Crippen molar-refractivity contribution in [1.82, 2.24) is 14.8 Å². The lowest BCUT2D eigenvalue weighted by molar-refractivity contribution is -0.143. The smallest absolute Gasteiger partial charge is 0.434 e. The molecule has 0 aliphatic carbocycles. The van der Waals surface area contributed by atoms with Gasteiger partial charge < -0.3 is 4.74 Å². The lowest BCUT2D eigenvalue weighted by Gasteiger charge is -2.10. The molecule has 0 aliphatic heterocycles. The highest BCUT2D eigenvalue weighted by atomic mass is 32.1. The van der Waals surface area contributed by atoms with Gasteiger partial charge in [0.1, 0.15) is 5.56 Å². The first-order chi connectivity index (χ1) is 11.4. The Morgan fingerprint density at radius 2 is 2.17 bits per heavy atom. The van der Waals surface area contributed by atoms with E-state index in [1.165, 1.54) is 18.3 Å². The van der Waals surface area contributed by atoms with Gasteiger partial charge in [-0.2, -0.15) is 18.3 Å². The Bertz CT molecular complexity index is 853. The van der Waals surface area contributed by atoms with E-state index in [1.54, 1.807) is 5.38 Å². The van der Waals surface area contributed by atoms with E-state index in [4.69, 9.17) is 0 Å². The highest BCUT2D eigenvalue weighted by Crippen LogP contribution is 2.35. The third-order valence-corrected chi connectivity index (χ3v) is 4.69. The predicted molar refractivity (Wildman–Crippen MR) is 83.5 cm³/mol. The second kappa shape index (κ2) is 6.36. The standard InChI is InChI=1S/C14H10F3N3O2S2/c1-2-22-12(21)8-6-18-20(11(8)14(15,16)17)13-19-9(7-24-13)10-4-3-5-23-10/h3-7H,2H2,1H3. The first-order valence-corrected chi connectivity index (χ1v) is 8.50. The van der Waals surface area contributed by atoms with Gasteiger partial charge in [0.2, 0.25) is 5.13 Å². The number of hydrogen-bond donors (Lipinski definition) is 0. The molecule has 3 aromatic heterocycles. The Morgan fingerprint density at radius 1 is 1.38 bits per heavy atom. The molecular formula is C14H10F3N3O2S2. The molecule has 0 atom stereocenters. The summed E-state index contributed by atoms with van der Waals surface area (Å²) in [5.74, 6) is -1.06. The van der Waals surface area contributed by atoms with Gasteiger partial charge >= 0.3 is 12.1 Å². The van der Waals surface area contributed by atoms with Crippen LogP contribution in [0.4, 0.5) is 13.2 Å². The van der Waals surface area contributed by atoms with Crippen LogP contribution in [0.25, 0.3) is 15.7 Å². The quantitative estimate of drug-likeness (QED) is 0.642. The van der Waals surface area contributed by atoms with Crippen molar-refractivity contribution in [3.63, 3.8) is 0 Å². The third kappa shape index (κ3) is 3.06. The number of nitrogens with zero attached hydrogens (tertiary/aromatic N) is 3. The number of halogens is 3. The summed E-state index contributed by atoms with van der Waals surface area (Å²) < 4.78 is 45.6. The minimum atomic E-state index is -4.77. The van der Waals surface area contributed by atoms with Crippen LogP contribution in [0.5, 0.6) is 0 Å². The monoisotopic (exact) mass is 373 g/mol. The molecule has 0 saturated heterocycles. The molecule has 0 spiro atoms. The fraction of sp³-hybridized carbons (Fsp3) is 0.214. The van der Waals surface area contributed by atoms with Gasteiger partial charge in [-0.3, -0.25) is 0 Å². The highest BCUT2D eigenvalue weighted by Gasteiger charge is 2.41. The highest BCUT2D eigenvalue weighted by molar-refractivity contribution is 7.15. The average Bonchev–Trinajstić information content (AvgIpc) is 3.25. The van der Waals surface area contributed by atoms with Crippen molar-refractivity contribution in [2.75, 3.05) is 6.61 Å². The van der Waals surface area contributed by atoms with Crippen molar-refractivity contribution < 1.29 is 22.7 Å². The summed E-state index contributed by atoms with van der Waals surface area (Å²) in [6.07, 6.45) is -3.92. The molecule has 0 saturated carbocycles. The average molecular weight is 373 g/mol. The number of esters is 1. The van der Waals surface area contributed by atoms with E-state index < -0.39 is 23.4 Å².